The first-order valence-corrected chi connectivity index (χ1v) is 5.41. The van der Waals surface area contributed by atoms with Gasteiger partial charge in [-0.1, -0.05) is 6.07 Å². The van der Waals surface area contributed by atoms with Crippen LogP contribution in [0.4, 0.5) is 0 Å². The van der Waals surface area contributed by atoms with E-state index in [9.17, 15) is 0 Å². The SMILES string of the molecule is Cc1ncccc1CNC(C)C1CC1. The fourth-order valence-corrected chi connectivity index (χ4v) is 1.74. The van der Waals surface area contributed by atoms with E-state index in [-0.39, 0.29) is 0 Å². The number of nitrogens with zero attached hydrogens (tertiary/aromatic N) is 1. The van der Waals surface area contributed by atoms with Crippen LogP contribution in [0, 0.1) is 12.8 Å². The monoisotopic (exact) mass is 190 g/mol. The van der Waals surface area contributed by atoms with Gasteiger partial charge in [-0.25, -0.2) is 0 Å². The Morgan fingerprint density at radius 3 is 3.00 bits per heavy atom. The van der Waals surface area contributed by atoms with Gasteiger partial charge in [0.1, 0.15) is 0 Å². The average Bonchev–Trinajstić information content (AvgIpc) is 2.99. The van der Waals surface area contributed by atoms with E-state index >= 15 is 0 Å². The van der Waals surface area contributed by atoms with Crippen LogP contribution in [0.2, 0.25) is 0 Å². The van der Waals surface area contributed by atoms with Crippen LogP contribution < -0.4 is 5.32 Å². The molecule has 14 heavy (non-hydrogen) atoms. The zero-order valence-electron chi connectivity index (χ0n) is 8.96. The molecule has 0 saturated heterocycles. The second-order valence-corrected chi connectivity index (χ2v) is 4.25. The Balaban J connectivity index is 1.87. The molecule has 0 aliphatic heterocycles. The Morgan fingerprint density at radius 2 is 2.36 bits per heavy atom. The van der Waals surface area contributed by atoms with Crippen LogP contribution in [0.1, 0.15) is 31.0 Å². The lowest BCUT2D eigenvalue weighted by molar-refractivity contribution is 0.495. The average molecular weight is 190 g/mol. The van der Waals surface area contributed by atoms with Crippen molar-refractivity contribution in [3.63, 3.8) is 0 Å². The zero-order valence-corrected chi connectivity index (χ0v) is 8.96. The van der Waals surface area contributed by atoms with Crippen molar-refractivity contribution in [1.82, 2.24) is 10.3 Å². The lowest BCUT2D eigenvalue weighted by Gasteiger charge is -2.13. The number of hydrogen-bond donors (Lipinski definition) is 1. The summed E-state index contributed by atoms with van der Waals surface area (Å²) in [5.74, 6) is 0.923. The number of nitrogens with one attached hydrogen (secondary N) is 1. The quantitative estimate of drug-likeness (QED) is 0.788. The van der Waals surface area contributed by atoms with E-state index in [1.54, 1.807) is 0 Å². The molecule has 0 bridgehead atoms. The van der Waals surface area contributed by atoms with Gasteiger partial charge in [0.05, 0.1) is 0 Å². The van der Waals surface area contributed by atoms with Gasteiger partial charge in [-0.2, -0.15) is 0 Å². The van der Waals surface area contributed by atoms with E-state index < -0.39 is 0 Å². The van der Waals surface area contributed by atoms with E-state index in [1.807, 2.05) is 12.3 Å². The first kappa shape index (κ1) is 9.66. The van der Waals surface area contributed by atoms with Crippen LogP contribution in [0.3, 0.4) is 0 Å². The highest BCUT2D eigenvalue weighted by atomic mass is 14.9. The van der Waals surface area contributed by atoms with Crippen LogP contribution in [0.15, 0.2) is 18.3 Å². The number of hydrogen-bond acceptors (Lipinski definition) is 2. The Bertz CT molecular complexity index is 305. The number of aromatic nitrogens is 1. The molecule has 0 spiro atoms. The van der Waals surface area contributed by atoms with Gasteiger partial charge >= 0.3 is 0 Å². The summed E-state index contributed by atoms with van der Waals surface area (Å²) in [6.45, 7) is 5.31. The Morgan fingerprint density at radius 1 is 1.57 bits per heavy atom. The van der Waals surface area contributed by atoms with Gasteiger partial charge in [0, 0.05) is 24.5 Å². The number of pyridine rings is 1. The first-order chi connectivity index (χ1) is 6.77. The van der Waals surface area contributed by atoms with E-state index in [0.29, 0.717) is 6.04 Å². The number of aryl methyl sites for hydroxylation is 1. The van der Waals surface area contributed by atoms with Crippen LogP contribution in [0.25, 0.3) is 0 Å². The van der Waals surface area contributed by atoms with Crippen LogP contribution >= 0.6 is 0 Å². The van der Waals surface area contributed by atoms with E-state index in [4.69, 9.17) is 0 Å². The maximum absolute atomic E-state index is 4.28. The molecular formula is C12H18N2. The summed E-state index contributed by atoms with van der Waals surface area (Å²) < 4.78 is 0. The highest BCUT2D eigenvalue weighted by Crippen LogP contribution is 2.32. The van der Waals surface area contributed by atoms with Gasteiger partial charge in [-0.15, -0.1) is 0 Å². The molecule has 1 atom stereocenters. The summed E-state index contributed by atoms with van der Waals surface area (Å²) in [6, 6.07) is 4.82. The Hall–Kier alpha value is -0.890. The normalized spacial score (nSPS) is 18.1. The maximum atomic E-state index is 4.28. The van der Waals surface area contributed by atoms with Crippen LogP contribution in [-0.2, 0) is 6.54 Å². The Kier molecular flexibility index (Phi) is 2.82. The predicted molar refractivity (Wildman–Crippen MR) is 58.0 cm³/mol. The van der Waals surface area contributed by atoms with Crippen LogP contribution in [-0.4, -0.2) is 11.0 Å². The summed E-state index contributed by atoms with van der Waals surface area (Å²) in [5, 5.41) is 3.56. The fourth-order valence-electron chi connectivity index (χ4n) is 1.74. The molecule has 1 saturated carbocycles. The second-order valence-electron chi connectivity index (χ2n) is 4.25. The third-order valence-corrected chi connectivity index (χ3v) is 3.06. The lowest BCUT2D eigenvalue weighted by atomic mass is 10.1. The molecule has 2 heteroatoms. The van der Waals surface area contributed by atoms with Crippen molar-refractivity contribution in [2.75, 3.05) is 0 Å². The topological polar surface area (TPSA) is 24.9 Å². The van der Waals surface area contributed by atoms with Crippen molar-refractivity contribution < 1.29 is 0 Å². The van der Waals surface area contributed by atoms with Crippen molar-refractivity contribution in [3.8, 4) is 0 Å². The molecule has 1 aromatic rings. The van der Waals surface area contributed by atoms with Crippen molar-refractivity contribution in [2.45, 2.75) is 39.3 Å². The molecule has 0 amide bonds. The molecule has 2 nitrogen and oxygen atoms in total. The van der Waals surface area contributed by atoms with Gasteiger partial charge in [0.15, 0.2) is 0 Å². The van der Waals surface area contributed by atoms with Gasteiger partial charge < -0.3 is 5.32 Å². The molecule has 1 unspecified atom stereocenters. The Labute approximate surface area is 85.7 Å². The summed E-state index contributed by atoms with van der Waals surface area (Å²) in [4.78, 5) is 4.28. The summed E-state index contributed by atoms with van der Waals surface area (Å²) in [7, 11) is 0. The predicted octanol–water partition coefficient (Wildman–Crippen LogP) is 2.28. The van der Waals surface area contributed by atoms with Gasteiger partial charge in [0.2, 0.25) is 0 Å². The minimum Gasteiger partial charge on any atom is -0.310 e. The highest BCUT2D eigenvalue weighted by molar-refractivity contribution is 5.17. The van der Waals surface area contributed by atoms with Crippen molar-refractivity contribution in [3.05, 3.63) is 29.6 Å². The lowest BCUT2D eigenvalue weighted by Crippen LogP contribution is -2.27. The van der Waals surface area contributed by atoms with Crippen LogP contribution in [0.5, 0.6) is 0 Å². The van der Waals surface area contributed by atoms with Gasteiger partial charge in [-0.3, -0.25) is 4.98 Å². The minimum absolute atomic E-state index is 0.662. The van der Waals surface area contributed by atoms with E-state index in [2.05, 4.69) is 30.2 Å². The molecule has 1 aromatic heterocycles. The van der Waals surface area contributed by atoms with Crippen molar-refractivity contribution in [1.29, 1.82) is 0 Å². The highest BCUT2D eigenvalue weighted by Gasteiger charge is 2.27. The van der Waals surface area contributed by atoms with E-state index in [0.717, 1.165) is 18.2 Å². The number of rotatable bonds is 4. The fraction of sp³-hybridized carbons (Fsp3) is 0.583. The largest absolute Gasteiger partial charge is 0.310 e. The maximum Gasteiger partial charge on any atom is 0.0417 e. The first-order valence-electron chi connectivity index (χ1n) is 5.41. The molecule has 2 rings (SSSR count). The third kappa shape index (κ3) is 2.32. The third-order valence-electron chi connectivity index (χ3n) is 3.06. The summed E-state index contributed by atoms with van der Waals surface area (Å²) >= 11 is 0. The van der Waals surface area contributed by atoms with Crippen molar-refractivity contribution in [2.24, 2.45) is 5.92 Å². The van der Waals surface area contributed by atoms with Crippen molar-refractivity contribution >= 4 is 0 Å². The molecule has 76 valence electrons. The smallest absolute Gasteiger partial charge is 0.0417 e. The van der Waals surface area contributed by atoms with Gasteiger partial charge in [0.25, 0.3) is 0 Å². The zero-order chi connectivity index (χ0) is 9.97. The molecule has 0 aromatic carbocycles. The molecule has 1 heterocycles. The molecule has 0 radical (unpaired) electrons. The second kappa shape index (κ2) is 4.09. The molecule has 1 aliphatic rings. The molecular weight excluding hydrogens is 172 g/mol. The standard InChI is InChI=1S/C12H18N2/c1-9(11-5-6-11)14-8-12-4-3-7-13-10(12)2/h3-4,7,9,11,14H,5-6,8H2,1-2H3. The summed E-state index contributed by atoms with van der Waals surface area (Å²) in [6.07, 6.45) is 4.66. The molecule has 1 fully saturated rings. The minimum atomic E-state index is 0.662. The van der Waals surface area contributed by atoms with E-state index in [1.165, 1.54) is 18.4 Å². The molecule has 1 aliphatic carbocycles. The molecule has 1 N–H and O–H groups in total. The van der Waals surface area contributed by atoms with Gasteiger partial charge in [-0.05, 0) is 44.2 Å². The summed E-state index contributed by atoms with van der Waals surface area (Å²) in [5.41, 5.74) is 2.46.